The zero-order valence-corrected chi connectivity index (χ0v) is 14.6. The number of carbonyl (C=O) groups is 1. The van der Waals surface area contributed by atoms with Gasteiger partial charge in [-0.1, -0.05) is 6.92 Å². The van der Waals surface area contributed by atoms with Crippen LogP contribution in [0.25, 0.3) is 0 Å². The first-order chi connectivity index (χ1) is 9.74. The Balaban J connectivity index is 2.38. The summed E-state index contributed by atoms with van der Waals surface area (Å²) in [6, 6.07) is 0.985. The van der Waals surface area contributed by atoms with Gasteiger partial charge >= 0.3 is 0 Å². The second-order valence-electron chi connectivity index (χ2n) is 7.49. The third kappa shape index (κ3) is 5.95. The Labute approximate surface area is 130 Å². The van der Waals surface area contributed by atoms with Crippen LogP contribution in [0.15, 0.2) is 0 Å². The second-order valence-corrected chi connectivity index (χ2v) is 7.49. The first-order valence-corrected chi connectivity index (χ1v) is 8.52. The molecule has 0 saturated heterocycles. The number of primary amides is 1. The molecule has 1 fully saturated rings. The number of hydrogen-bond acceptors (Lipinski definition) is 3. The van der Waals surface area contributed by atoms with Crippen molar-refractivity contribution in [2.24, 2.45) is 11.7 Å². The maximum atomic E-state index is 11.7. The van der Waals surface area contributed by atoms with Gasteiger partial charge in [0.15, 0.2) is 0 Å². The van der Waals surface area contributed by atoms with E-state index in [4.69, 9.17) is 5.73 Å². The summed E-state index contributed by atoms with van der Waals surface area (Å²) in [5, 5.41) is 3.32. The Bertz CT molecular complexity index is 324. The molecule has 0 aromatic rings. The lowest BCUT2D eigenvalue weighted by molar-refractivity contribution is -0.124. The highest BCUT2D eigenvalue weighted by atomic mass is 16.1. The molecular formula is C17H35N3O. The van der Waals surface area contributed by atoms with Crippen molar-refractivity contribution >= 4 is 5.91 Å². The highest BCUT2D eigenvalue weighted by Crippen LogP contribution is 2.26. The number of rotatable bonds is 8. The standard InChI is InChI=1S/C17H35N3O/c1-13(2)19-17(4,16(18)21)11-6-12-20(5)15-9-7-14(3)8-10-15/h13-15,19H,6-12H2,1-5H3,(H2,18,21). The van der Waals surface area contributed by atoms with E-state index in [0.717, 1.165) is 31.3 Å². The van der Waals surface area contributed by atoms with Gasteiger partial charge in [0.25, 0.3) is 0 Å². The topological polar surface area (TPSA) is 58.4 Å². The number of hydrogen-bond donors (Lipinski definition) is 2. The molecule has 0 radical (unpaired) electrons. The molecule has 1 amide bonds. The van der Waals surface area contributed by atoms with E-state index in [-0.39, 0.29) is 11.9 Å². The summed E-state index contributed by atoms with van der Waals surface area (Å²) in [4.78, 5) is 14.2. The van der Waals surface area contributed by atoms with Crippen molar-refractivity contribution in [3.05, 3.63) is 0 Å². The van der Waals surface area contributed by atoms with E-state index in [1.54, 1.807) is 0 Å². The zero-order chi connectivity index (χ0) is 16.0. The van der Waals surface area contributed by atoms with Crippen molar-refractivity contribution in [3.8, 4) is 0 Å². The molecule has 3 N–H and O–H groups in total. The fourth-order valence-electron chi connectivity index (χ4n) is 3.45. The van der Waals surface area contributed by atoms with Crippen molar-refractivity contribution < 1.29 is 4.79 Å². The molecular weight excluding hydrogens is 262 g/mol. The summed E-state index contributed by atoms with van der Waals surface area (Å²) in [6.07, 6.45) is 7.13. The smallest absolute Gasteiger partial charge is 0.237 e. The van der Waals surface area contributed by atoms with Crippen LogP contribution in [0, 0.1) is 5.92 Å². The maximum Gasteiger partial charge on any atom is 0.237 e. The van der Waals surface area contributed by atoms with Crippen molar-refractivity contribution in [2.75, 3.05) is 13.6 Å². The Morgan fingerprint density at radius 2 is 1.90 bits per heavy atom. The fourth-order valence-corrected chi connectivity index (χ4v) is 3.45. The summed E-state index contributed by atoms with van der Waals surface area (Å²) in [5.74, 6) is 0.647. The summed E-state index contributed by atoms with van der Waals surface area (Å²) in [7, 11) is 2.22. The SMILES string of the molecule is CC1CCC(N(C)CCCC(C)(NC(C)C)C(N)=O)CC1. The van der Waals surface area contributed by atoms with Crippen LogP contribution in [0.5, 0.6) is 0 Å². The minimum atomic E-state index is -0.587. The first-order valence-electron chi connectivity index (χ1n) is 8.52. The van der Waals surface area contributed by atoms with Crippen LogP contribution in [0.4, 0.5) is 0 Å². The highest BCUT2D eigenvalue weighted by Gasteiger charge is 2.31. The largest absolute Gasteiger partial charge is 0.368 e. The van der Waals surface area contributed by atoms with Crippen LogP contribution in [-0.4, -0.2) is 42.0 Å². The molecule has 1 rings (SSSR count). The molecule has 124 valence electrons. The first kappa shape index (κ1) is 18.4. The van der Waals surface area contributed by atoms with E-state index in [0.29, 0.717) is 0 Å². The lowest BCUT2D eigenvalue weighted by Crippen LogP contribution is -2.55. The van der Waals surface area contributed by atoms with E-state index >= 15 is 0 Å². The normalized spacial score (nSPS) is 26.0. The van der Waals surface area contributed by atoms with Crippen LogP contribution >= 0.6 is 0 Å². The van der Waals surface area contributed by atoms with Crippen LogP contribution in [-0.2, 0) is 4.79 Å². The van der Waals surface area contributed by atoms with Gasteiger partial charge in [0.2, 0.25) is 5.91 Å². The second kappa shape index (κ2) is 8.14. The molecule has 1 atom stereocenters. The van der Waals surface area contributed by atoms with Crippen molar-refractivity contribution in [1.82, 2.24) is 10.2 Å². The number of amides is 1. The third-order valence-corrected chi connectivity index (χ3v) is 4.95. The molecule has 0 aliphatic heterocycles. The van der Waals surface area contributed by atoms with Gasteiger partial charge in [-0.3, -0.25) is 4.79 Å². The summed E-state index contributed by atoms with van der Waals surface area (Å²) in [5.41, 5.74) is 4.99. The summed E-state index contributed by atoms with van der Waals surface area (Å²) in [6.45, 7) is 9.43. The quantitative estimate of drug-likeness (QED) is 0.724. The van der Waals surface area contributed by atoms with Crippen molar-refractivity contribution in [3.63, 3.8) is 0 Å². The van der Waals surface area contributed by atoms with Crippen LogP contribution in [0.2, 0.25) is 0 Å². The van der Waals surface area contributed by atoms with E-state index in [1.165, 1.54) is 25.7 Å². The third-order valence-electron chi connectivity index (χ3n) is 4.95. The number of nitrogens with one attached hydrogen (secondary N) is 1. The predicted molar refractivity (Wildman–Crippen MR) is 89.2 cm³/mol. The minimum Gasteiger partial charge on any atom is -0.368 e. The molecule has 0 aromatic heterocycles. The average Bonchev–Trinajstić information content (AvgIpc) is 2.38. The Morgan fingerprint density at radius 1 is 1.33 bits per heavy atom. The highest BCUT2D eigenvalue weighted by molar-refractivity contribution is 5.84. The summed E-state index contributed by atoms with van der Waals surface area (Å²) >= 11 is 0. The van der Waals surface area contributed by atoms with Gasteiger partial charge in [-0.25, -0.2) is 0 Å². The fraction of sp³-hybridized carbons (Fsp3) is 0.941. The van der Waals surface area contributed by atoms with Crippen LogP contribution in [0.1, 0.15) is 66.2 Å². The maximum absolute atomic E-state index is 11.7. The molecule has 1 saturated carbocycles. The minimum absolute atomic E-state index is 0.245. The summed E-state index contributed by atoms with van der Waals surface area (Å²) < 4.78 is 0. The number of nitrogens with zero attached hydrogens (tertiary/aromatic N) is 1. The lowest BCUT2D eigenvalue weighted by Gasteiger charge is -2.35. The van der Waals surface area contributed by atoms with Crippen molar-refractivity contribution in [1.29, 1.82) is 0 Å². The van der Waals surface area contributed by atoms with Gasteiger partial charge < -0.3 is 16.0 Å². The Hall–Kier alpha value is -0.610. The molecule has 0 aromatic carbocycles. The van der Waals surface area contributed by atoms with Gasteiger partial charge in [-0.2, -0.15) is 0 Å². The van der Waals surface area contributed by atoms with Gasteiger partial charge in [0, 0.05) is 12.1 Å². The zero-order valence-electron chi connectivity index (χ0n) is 14.6. The van der Waals surface area contributed by atoms with E-state index in [2.05, 4.69) is 38.0 Å². The van der Waals surface area contributed by atoms with E-state index in [1.807, 2.05) is 6.92 Å². The van der Waals surface area contributed by atoms with Gasteiger partial charge in [-0.15, -0.1) is 0 Å². The lowest BCUT2D eigenvalue weighted by atomic mass is 9.86. The molecule has 1 aliphatic rings. The predicted octanol–water partition coefficient (Wildman–Crippen LogP) is 2.52. The van der Waals surface area contributed by atoms with Crippen LogP contribution < -0.4 is 11.1 Å². The van der Waals surface area contributed by atoms with Gasteiger partial charge in [-0.05, 0) is 78.8 Å². The monoisotopic (exact) mass is 297 g/mol. The van der Waals surface area contributed by atoms with Gasteiger partial charge in [0.05, 0.1) is 5.54 Å². The molecule has 0 spiro atoms. The molecule has 0 bridgehead atoms. The van der Waals surface area contributed by atoms with Gasteiger partial charge in [0.1, 0.15) is 0 Å². The average molecular weight is 297 g/mol. The Kier molecular flexibility index (Phi) is 7.14. The number of nitrogens with two attached hydrogens (primary N) is 1. The van der Waals surface area contributed by atoms with Crippen LogP contribution in [0.3, 0.4) is 0 Å². The Morgan fingerprint density at radius 3 is 2.38 bits per heavy atom. The molecule has 1 aliphatic carbocycles. The molecule has 1 unspecified atom stereocenters. The van der Waals surface area contributed by atoms with Crippen molar-refractivity contribution in [2.45, 2.75) is 83.8 Å². The molecule has 4 heteroatoms. The molecule has 21 heavy (non-hydrogen) atoms. The molecule has 4 nitrogen and oxygen atoms in total. The molecule has 0 heterocycles. The number of carbonyl (C=O) groups excluding carboxylic acids is 1. The van der Waals surface area contributed by atoms with E-state index in [9.17, 15) is 4.79 Å². The van der Waals surface area contributed by atoms with E-state index < -0.39 is 5.54 Å².